The van der Waals surface area contributed by atoms with Crippen LogP contribution < -0.4 is 4.90 Å². The van der Waals surface area contributed by atoms with Crippen molar-refractivity contribution in [1.82, 2.24) is 14.3 Å². The lowest BCUT2D eigenvalue weighted by molar-refractivity contribution is 0.383. The van der Waals surface area contributed by atoms with Crippen molar-refractivity contribution in [3.63, 3.8) is 0 Å². The molecular weight excluding hydrogens is 440 g/mol. The summed E-state index contributed by atoms with van der Waals surface area (Å²) in [6.45, 7) is 8.63. The highest BCUT2D eigenvalue weighted by molar-refractivity contribution is 7.89. The first kappa shape index (κ1) is 23.1. The van der Waals surface area contributed by atoms with Gasteiger partial charge in [0.15, 0.2) is 0 Å². The van der Waals surface area contributed by atoms with Crippen molar-refractivity contribution in [2.75, 3.05) is 36.8 Å². The number of nitrogens with zero attached hydrogens (tertiary/aromatic N) is 4. The van der Waals surface area contributed by atoms with Crippen LogP contribution in [0.25, 0.3) is 10.2 Å². The molecule has 3 heterocycles. The maximum absolute atomic E-state index is 12.6. The number of benzene rings is 1. The fraction of sp³-hybridized carbons (Fsp3) is 0.500. The summed E-state index contributed by atoms with van der Waals surface area (Å²) >= 11 is 1.72. The zero-order chi connectivity index (χ0) is 22.7. The molecule has 3 aromatic rings. The van der Waals surface area contributed by atoms with Crippen LogP contribution in [0.5, 0.6) is 0 Å². The molecule has 8 heteroatoms. The van der Waals surface area contributed by atoms with Gasteiger partial charge in [-0.3, -0.25) is 0 Å². The zero-order valence-electron chi connectivity index (χ0n) is 19.2. The topological polar surface area (TPSA) is 66.4 Å². The van der Waals surface area contributed by atoms with E-state index in [0.29, 0.717) is 32.6 Å². The second-order valence-corrected chi connectivity index (χ2v) is 11.8. The van der Waals surface area contributed by atoms with Gasteiger partial charge in [0.05, 0.1) is 11.1 Å². The Bertz CT molecular complexity index is 1170. The lowest BCUT2D eigenvalue weighted by Gasteiger charge is -2.35. The van der Waals surface area contributed by atoms with Crippen molar-refractivity contribution in [1.29, 1.82) is 0 Å². The molecule has 0 atom stereocenters. The second-order valence-electron chi connectivity index (χ2n) is 8.47. The zero-order valence-corrected chi connectivity index (χ0v) is 20.8. The smallest absolute Gasteiger partial charge is 0.214 e. The maximum atomic E-state index is 12.6. The molecule has 172 valence electrons. The molecule has 0 N–H and O–H groups in total. The molecule has 32 heavy (non-hydrogen) atoms. The molecular formula is C24H32N4O2S2. The Labute approximate surface area is 195 Å². The summed E-state index contributed by atoms with van der Waals surface area (Å²) in [6, 6.07) is 10.4. The minimum absolute atomic E-state index is 0.244. The van der Waals surface area contributed by atoms with Gasteiger partial charge in [0.25, 0.3) is 0 Å². The molecule has 1 aliphatic heterocycles. The van der Waals surface area contributed by atoms with E-state index in [-0.39, 0.29) is 5.75 Å². The molecule has 0 radical (unpaired) electrons. The number of thiophene rings is 1. The van der Waals surface area contributed by atoms with Crippen LogP contribution in [-0.2, 0) is 22.9 Å². The number of piperazine rings is 1. The van der Waals surface area contributed by atoms with Crippen molar-refractivity contribution >= 4 is 37.4 Å². The van der Waals surface area contributed by atoms with Gasteiger partial charge in [0.2, 0.25) is 10.0 Å². The molecule has 1 fully saturated rings. The summed E-state index contributed by atoms with van der Waals surface area (Å²) in [7, 11) is -3.17. The normalized spacial score (nSPS) is 15.5. The van der Waals surface area contributed by atoms with Crippen molar-refractivity contribution in [3.05, 3.63) is 52.2 Å². The van der Waals surface area contributed by atoms with E-state index in [1.165, 1.54) is 16.0 Å². The summed E-state index contributed by atoms with van der Waals surface area (Å²) in [5.74, 6) is 2.06. The van der Waals surface area contributed by atoms with Gasteiger partial charge in [-0.15, -0.1) is 11.3 Å². The lowest BCUT2D eigenvalue weighted by atomic mass is 10.1. The average Bonchev–Trinajstić information content (AvgIpc) is 3.10. The van der Waals surface area contributed by atoms with Crippen LogP contribution in [-0.4, -0.2) is 54.6 Å². The number of fused-ring (bicyclic) bond motifs is 1. The molecule has 1 aromatic carbocycles. The van der Waals surface area contributed by atoms with Crippen molar-refractivity contribution in [2.45, 2.75) is 46.5 Å². The van der Waals surface area contributed by atoms with Crippen LogP contribution in [0.1, 0.15) is 41.6 Å². The summed E-state index contributed by atoms with van der Waals surface area (Å²) in [5.41, 5.74) is 2.51. The van der Waals surface area contributed by atoms with Crippen LogP contribution in [0.3, 0.4) is 0 Å². The Hall–Kier alpha value is -2.03. The van der Waals surface area contributed by atoms with Crippen LogP contribution in [0, 0.1) is 13.8 Å². The molecule has 0 saturated carbocycles. The van der Waals surface area contributed by atoms with Gasteiger partial charge in [-0.25, -0.2) is 18.4 Å². The van der Waals surface area contributed by atoms with Crippen molar-refractivity contribution < 1.29 is 8.42 Å². The van der Waals surface area contributed by atoms with E-state index in [1.54, 1.807) is 15.6 Å². The summed E-state index contributed by atoms with van der Waals surface area (Å²) in [5, 5.41) is 1.12. The Kier molecular flexibility index (Phi) is 7.12. The third kappa shape index (κ3) is 4.97. The van der Waals surface area contributed by atoms with Gasteiger partial charge in [0, 0.05) is 37.5 Å². The number of anilines is 1. The molecule has 0 spiro atoms. The Morgan fingerprint density at radius 2 is 1.72 bits per heavy atom. The van der Waals surface area contributed by atoms with E-state index in [1.807, 2.05) is 13.0 Å². The minimum Gasteiger partial charge on any atom is -0.353 e. The van der Waals surface area contributed by atoms with Crippen LogP contribution in [0.4, 0.5) is 5.82 Å². The second kappa shape index (κ2) is 9.85. The highest BCUT2D eigenvalue weighted by Crippen LogP contribution is 2.35. The number of hydrogen-bond acceptors (Lipinski definition) is 6. The van der Waals surface area contributed by atoms with Gasteiger partial charge in [-0.2, -0.15) is 4.31 Å². The molecule has 6 nitrogen and oxygen atoms in total. The first-order valence-electron chi connectivity index (χ1n) is 11.4. The monoisotopic (exact) mass is 472 g/mol. The molecule has 0 aliphatic carbocycles. The quantitative estimate of drug-likeness (QED) is 0.488. The summed E-state index contributed by atoms with van der Waals surface area (Å²) < 4.78 is 26.9. The lowest BCUT2D eigenvalue weighted by Crippen LogP contribution is -2.49. The molecule has 1 saturated heterocycles. The minimum atomic E-state index is -3.17. The summed E-state index contributed by atoms with van der Waals surface area (Å²) in [4.78, 5) is 14.4. The number of sulfonamides is 1. The SMILES string of the molecule is CCCCS(=O)(=O)N1CCN(c2nc(CCc3ccccc3)nc3sc(C)c(C)c23)CC1. The van der Waals surface area contributed by atoms with Gasteiger partial charge < -0.3 is 4.90 Å². The number of aryl methyl sites for hydroxylation is 4. The fourth-order valence-corrected chi connectivity index (χ4v) is 6.82. The van der Waals surface area contributed by atoms with Crippen molar-refractivity contribution in [3.8, 4) is 0 Å². The van der Waals surface area contributed by atoms with E-state index >= 15 is 0 Å². The number of hydrogen-bond donors (Lipinski definition) is 0. The number of rotatable bonds is 8. The average molecular weight is 473 g/mol. The van der Waals surface area contributed by atoms with E-state index in [4.69, 9.17) is 9.97 Å². The molecule has 4 rings (SSSR count). The fourth-order valence-electron chi connectivity index (χ4n) is 4.15. The maximum Gasteiger partial charge on any atom is 0.214 e. The van der Waals surface area contributed by atoms with E-state index in [9.17, 15) is 8.42 Å². The Balaban J connectivity index is 1.57. The van der Waals surface area contributed by atoms with Crippen LogP contribution >= 0.6 is 11.3 Å². The van der Waals surface area contributed by atoms with Gasteiger partial charge >= 0.3 is 0 Å². The largest absolute Gasteiger partial charge is 0.353 e. The first-order chi connectivity index (χ1) is 15.4. The standard InChI is InChI=1S/C24H32N4O2S2/c1-4-5-17-32(29,30)28-15-13-27(14-16-28)23-22-18(2)19(3)31-24(22)26-21(25-23)12-11-20-9-7-6-8-10-20/h6-10H,4-5,11-17H2,1-3H3. The van der Waals surface area contributed by atoms with Gasteiger partial charge in [-0.05, 0) is 37.8 Å². The Morgan fingerprint density at radius 3 is 2.41 bits per heavy atom. The summed E-state index contributed by atoms with van der Waals surface area (Å²) in [6.07, 6.45) is 3.29. The third-order valence-electron chi connectivity index (χ3n) is 6.22. The van der Waals surface area contributed by atoms with Gasteiger partial charge in [-0.1, -0.05) is 43.7 Å². The molecule has 0 amide bonds. The van der Waals surface area contributed by atoms with Gasteiger partial charge in [0.1, 0.15) is 16.5 Å². The molecule has 0 unspecified atom stereocenters. The highest BCUT2D eigenvalue weighted by Gasteiger charge is 2.28. The number of unbranched alkanes of at least 4 members (excludes halogenated alkanes) is 1. The highest BCUT2D eigenvalue weighted by atomic mass is 32.2. The van der Waals surface area contributed by atoms with Crippen LogP contribution in [0.15, 0.2) is 30.3 Å². The number of aromatic nitrogens is 2. The van der Waals surface area contributed by atoms with E-state index in [0.717, 1.165) is 41.1 Å². The van der Waals surface area contributed by atoms with Crippen molar-refractivity contribution in [2.24, 2.45) is 0 Å². The van der Waals surface area contributed by atoms with E-state index in [2.05, 4.69) is 43.0 Å². The third-order valence-corrected chi connectivity index (χ3v) is 9.28. The predicted molar refractivity (Wildman–Crippen MR) is 133 cm³/mol. The van der Waals surface area contributed by atoms with Crippen LogP contribution in [0.2, 0.25) is 0 Å². The molecule has 0 bridgehead atoms. The molecule has 1 aliphatic rings. The first-order valence-corrected chi connectivity index (χ1v) is 13.8. The Morgan fingerprint density at radius 1 is 1.00 bits per heavy atom. The molecule has 2 aromatic heterocycles. The van der Waals surface area contributed by atoms with E-state index < -0.39 is 10.0 Å². The predicted octanol–water partition coefficient (Wildman–Crippen LogP) is 4.35.